The predicted octanol–water partition coefficient (Wildman–Crippen LogP) is 4.00. The highest BCUT2D eigenvalue weighted by molar-refractivity contribution is 6.30. The molecule has 0 heterocycles. The number of hydrogen-bond acceptors (Lipinski definition) is 2. The second-order valence-corrected chi connectivity index (χ2v) is 4.44. The van der Waals surface area contributed by atoms with Crippen molar-refractivity contribution >= 4 is 17.3 Å². The van der Waals surface area contributed by atoms with Crippen LogP contribution in [0.4, 0.5) is 5.69 Å². The third-order valence-electron chi connectivity index (χ3n) is 2.73. The summed E-state index contributed by atoms with van der Waals surface area (Å²) in [5, 5.41) is 4.05. The average Bonchev–Trinajstić information content (AvgIpc) is 2.40. The third-order valence-corrected chi connectivity index (χ3v) is 2.97. The standard InChI is InChI=1S/C15H16ClNO/c1-18-15-8-7-13(16)11-14(15)17-10-9-12-5-3-2-4-6-12/h2-8,11,17H,9-10H2,1H3. The van der Waals surface area contributed by atoms with E-state index in [1.54, 1.807) is 7.11 Å². The monoisotopic (exact) mass is 261 g/mol. The molecule has 0 fully saturated rings. The predicted molar refractivity (Wildman–Crippen MR) is 76.6 cm³/mol. The number of anilines is 1. The largest absolute Gasteiger partial charge is 0.495 e. The molecule has 0 aromatic heterocycles. The van der Waals surface area contributed by atoms with Gasteiger partial charge in [-0.3, -0.25) is 0 Å². The molecule has 0 aliphatic carbocycles. The van der Waals surface area contributed by atoms with Gasteiger partial charge >= 0.3 is 0 Å². The van der Waals surface area contributed by atoms with Gasteiger partial charge in [0.1, 0.15) is 5.75 Å². The lowest BCUT2D eigenvalue weighted by Crippen LogP contribution is -2.06. The summed E-state index contributed by atoms with van der Waals surface area (Å²) in [6.45, 7) is 0.848. The van der Waals surface area contributed by atoms with Gasteiger partial charge in [0.15, 0.2) is 0 Å². The Morgan fingerprint density at radius 2 is 1.89 bits per heavy atom. The van der Waals surface area contributed by atoms with Crippen molar-refractivity contribution < 1.29 is 4.74 Å². The maximum absolute atomic E-state index is 5.97. The van der Waals surface area contributed by atoms with Crippen LogP contribution in [0.3, 0.4) is 0 Å². The third kappa shape index (κ3) is 3.41. The van der Waals surface area contributed by atoms with E-state index < -0.39 is 0 Å². The Bertz CT molecular complexity index is 499. The summed E-state index contributed by atoms with van der Waals surface area (Å²) >= 11 is 5.97. The molecule has 18 heavy (non-hydrogen) atoms. The van der Waals surface area contributed by atoms with Gasteiger partial charge in [0.25, 0.3) is 0 Å². The summed E-state index contributed by atoms with van der Waals surface area (Å²) in [6, 6.07) is 15.9. The molecule has 0 saturated heterocycles. The second kappa shape index (κ2) is 6.31. The summed E-state index contributed by atoms with van der Waals surface area (Å²) in [5.74, 6) is 0.812. The molecule has 0 spiro atoms. The van der Waals surface area contributed by atoms with Crippen molar-refractivity contribution in [1.29, 1.82) is 0 Å². The van der Waals surface area contributed by atoms with Gasteiger partial charge in [-0.1, -0.05) is 41.9 Å². The van der Waals surface area contributed by atoms with E-state index in [4.69, 9.17) is 16.3 Å². The summed E-state index contributed by atoms with van der Waals surface area (Å²) in [7, 11) is 1.66. The molecule has 1 N–H and O–H groups in total. The first-order valence-corrected chi connectivity index (χ1v) is 6.29. The van der Waals surface area contributed by atoms with Gasteiger partial charge in [-0.25, -0.2) is 0 Å². The minimum atomic E-state index is 0.706. The molecule has 3 heteroatoms. The first-order valence-electron chi connectivity index (χ1n) is 5.91. The topological polar surface area (TPSA) is 21.3 Å². The van der Waals surface area contributed by atoms with Crippen molar-refractivity contribution in [2.75, 3.05) is 19.0 Å². The van der Waals surface area contributed by atoms with Gasteiger partial charge in [-0.2, -0.15) is 0 Å². The lowest BCUT2D eigenvalue weighted by atomic mass is 10.1. The van der Waals surface area contributed by atoms with E-state index in [0.29, 0.717) is 5.02 Å². The first-order chi connectivity index (χ1) is 8.79. The van der Waals surface area contributed by atoms with Gasteiger partial charge in [-0.05, 0) is 30.2 Å². The molecular formula is C15H16ClNO. The van der Waals surface area contributed by atoms with E-state index in [0.717, 1.165) is 24.4 Å². The van der Waals surface area contributed by atoms with Crippen molar-refractivity contribution in [3.05, 3.63) is 59.1 Å². The molecule has 94 valence electrons. The summed E-state index contributed by atoms with van der Waals surface area (Å²) < 4.78 is 5.28. The van der Waals surface area contributed by atoms with E-state index in [1.165, 1.54) is 5.56 Å². The molecule has 0 aliphatic heterocycles. The lowest BCUT2D eigenvalue weighted by Gasteiger charge is -2.11. The number of methoxy groups -OCH3 is 1. The molecule has 0 bridgehead atoms. The highest BCUT2D eigenvalue weighted by Crippen LogP contribution is 2.27. The highest BCUT2D eigenvalue weighted by atomic mass is 35.5. The molecule has 2 nitrogen and oxygen atoms in total. The van der Waals surface area contributed by atoms with Crippen molar-refractivity contribution in [3.63, 3.8) is 0 Å². The molecule has 2 aromatic rings. The zero-order valence-electron chi connectivity index (χ0n) is 10.3. The van der Waals surface area contributed by atoms with Crippen LogP contribution in [0.15, 0.2) is 48.5 Å². The minimum Gasteiger partial charge on any atom is -0.495 e. The van der Waals surface area contributed by atoms with Crippen LogP contribution < -0.4 is 10.1 Å². The van der Waals surface area contributed by atoms with Crippen LogP contribution in [-0.2, 0) is 6.42 Å². The maximum atomic E-state index is 5.97. The molecule has 0 aliphatic rings. The Morgan fingerprint density at radius 3 is 2.61 bits per heavy atom. The number of ether oxygens (including phenoxy) is 1. The van der Waals surface area contributed by atoms with Crippen LogP contribution in [0.1, 0.15) is 5.56 Å². The SMILES string of the molecule is COc1ccc(Cl)cc1NCCc1ccccc1. The maximum Gasteiger partial charge on any atom is 0.142 e. The molecule has 2 aromatic carbocycles. The van der Waals surface area contributed by atoms with Crippen LogP contribution in [0.2, 0.25) is 5.02 Å². The number of halogens is 1. The zero-order chi connectivity index (χ0) is 12.8. The zero-order valence-corrected chi connectivity index (χ0v) is 11.1. The van der Waals surface area contributed by atoms with Gasteiger partial charge in [0.05, 0.1) is 12.8 Å². The van der Waals surface area contributed by atoms with Gasteiger partial charge in [-0.15, -0.1) is 0 Å². The van der Waals surface area contributed by atoms with Crippen molar-refractivity contribution in [2.45, 2.75) is 6.42 Å². The Hall–Kier alpha value is -1.67. The summed E-state index contributed by atoms with van der Waals surface area (Å²) in [4.78, 5) is 0. The van der Waals surface area contributed by atoms with Crippen LogP contribution >= 0.6 is 11.6 Å². The summed E-state index contributed by atoms with van der Waals surface area (Å²) in [6.07, 6.45) is 0.969. The lowest BCUT2D eigenvalue weighted by molar-refractivity contribution is 0.416. The highest BCUT2D eigenvalue weighted by Gasteiger charge is 2.02. The number of rotatable bonds is 5. The Morgan fingerprint density at radius 1 is 1.11 bits per heavy atom. The number of benzene rings is 2. The van der Waals surface area contributed by atoms with Gasteiger partial charge in [0.2, 0.25) is 0 Å². The van der Waals surface area contributed by atoms with Gasteiger partial charge < -0.3 is 10.1 Å². The fourth-order valence-electron chi connectivity index (χ4n) is 1.80. The molecule has 0 saturated carbocycles. The van der Waals surface area contributed by atoms with E-state index in [9.17, 15) is 0 Å². The molecule has 0 radical (unpaired) electrons. The second-order valence-electron chi connectivity index (χ2n) is 4.01. The van der Waals surface area contributed by atoms with Gasteiger partial charge in [0, 0.05) is 11.6 Å². The van der Waals surface area contributed by atoms with Crippen molar-refractivity contribution in [2.24, 2.45) is 0 Å². The Kier molecular flexibility index (Phi) is 4.48. The van der Waals surface area contributed by atoms with Crippen molar-refractivity contribution in [3.8, 4) is 5.75 Å². The molecule has 2 rings (SSSR count). The van der Waals surface area contributed by atoms with Crippen LogP contribution in [0.5, 0.6) is 5.75 Å². The number of nitrogens with one attached hydrogen (secondary N) is 1. The Labute approximate surface area is 113 Å². The van der Waals surface area contributed by atoms with E-state index in [1.807, 2.05) is 24.3 Å². The van der Waals surface area contributed by atoms with E-state index in [-0.39, 0.29) is 0 Å². The normalized spacial score (nSPS) is 10.1. The Balaban J connectivity index is 1.96. The fraction of sp³-hybridized carbons (Fsp3) is 0.200. The van der Waals surface area contributed by atoms with Crippen LogP contribution in [0, 0.1) is 0 Å². The minimum absolute atomic E-state index is 0.706. The molecule has 0 unspecified atom stereocenters. The molecule has 0 amide bonds. The van der Waals surface area contributed by atoms with E-state index in [2.05, 4.69) is 29.6 Å². The molecular weight excluding hydrogens is 246 g/mol. The number of hydrogen-bond donors (Lipinski definition) is 1. The summed E-state index contributed by atoms with van der Waals surface area (Å²) in [5.41, 5.74) is 2.24. The smallest absolute Gasteiger partial charge is 0.142 e. The molecule has 0 atom stereocenters. The van der Waals surface area contributed by atoms with Crippen LogP contribution in [-0.4, -0.2) is 13.7 Å². The van der Waals surface area contributed by atoms with Crippen LogP contribution in [0.25, 0.3) is 0 Å². The average molecular weight is 262 g/mol. The first kappa shape index (κ1) is 12.8. The van der Waals surface area contributed by atoms with Crippen molar-refractivity contribution in [1.82, 2.24) is 0 Å². The van der Waals surface area contributed by atoms with E-state index >= 15 is 0 Å². The fourth-order valence-corrected chi connectivity index (χ4v) is 1.98. The quantitative estimate of drug-likeness (QED) is 0.878.